The molecule has 28 heavy (non-hydrogen) atoms. The summed E-state index contributed by atoms with van der Waals surface area (Å²) in [4.78, 5) is 14.1. The van der Waals surface area contributed by atoms with Crippen LogP contribution in [0.2, 0.25) is 0 Å². The highest BCUT2D eigenvalue weighted by Gasteiger charge is 2.42. The van der Waals surface area contributed by atoms with Gasteiger partial charge in [-0.25, -0.2) is 4.39 Å². The Bertz CT molecular complexity index is 1140. The predicted molar refractivity (Wildman–Crippen MR) is 103 cm³/mol. The van der Waals surface area contributed by atoms with E-state index in [4.69, 9.17) is 9.47 Å². The predicted octanol–water partition coefficient (Wildman–Crippen LogP) is 3.69. The van der Waals surface area contributed by atoms with Gasteiger partial charge in [0.15, 0.2) is 11.5 Å². The van der Waals surface area contributed by atoms with Gasteiger partial charge in [0.2, 0.25) is 5.91 Å². The third-order valence-electron chi connectivity index (χ3n) is 6.10. The third-order valence-corrected chi connectivity index (χ3v) is 6.10. The lowest BCUT2D eigenvalue weighted by Crippen LogP contribution is -2.41. The Morgan fingerprint density at radius 2 is 1.71 bits per heavy atom. The molecule has 1 N–H and O–H groups in total. The average molecular weight is 381 g/mol. The summed E-state index contributed by atoms with van der Waals surface area (Å²) in [5, 5.41) is 14.3. The van der Waals surface area contributed by atoms with Crippen LogP contribution in [0, 0.1) is 5.82 Å². The Morgan fingerprint density at radius 3 is 2.43 bits per heavy atom. The second kappa shape index (κ2) is 6.07. The fourth-order valence-electron chi connectivity index (χ4n) is 4.79. The number of carbonyl (C=O) groups excluding carboxylic acids is 1. The molecule has 2 aliphatic heterocycles. The summed E-state index contributed by atoms with van der Waals surface area (Å²) in [5.74, 6) is 0.818. The van der Waals surface area contributed by atoms with Crippen LogP contribution in [0.1, 0.15) is 30.1 Å². The van der Waals surface area contributed by atoms with Crippen LogP contribution in [0.5, 0.6) is 11.5 Å². The van der Waals surface area contributed by atoms with Gasteiger partial charge in [0.25, 0.3) is 0 Å². The lowest BCUT2D eigenvalue weighted by molar-refractivity contribution is -0.131. The zero-order valence-electron chi connectivity index (χ0n) is 15.7. The van der Waals surface area contributed by atoms with Crippen molar-refractivity contribution in [3.8, 4) is 11.5 Å². The summed E-state index contributed by atoms with van der Waals surface area (Å²) in [6, 6.07) is 8.07. The Morgan fingerprint density at radius 1 is 1.04 bits per heavy atom. The molecule has 1 saturated heterocycles. The molecule has 2 heterocycles. The second-order valence-corrected chi connectivity index (χ2v) is 7.41. The molecule has 3 aromatic rings. The van der Waals surface area contributed by atoms with E-state index < -0.39 is 6.10 Å². The standard InChI is InChI=1S/C22H20FNO4/c1-27-18-8-14-13-7-11(23)3-4-12(13)21-16(15(14)9-19(18)28-2)10-24-17(22(21)26)5-6-20(24)25/h3-4,7-9,17,22,26H,5-6,10H2,1-2H3/t17-,22?/m0/s1. The Hall–Kier alpha value is -2.86. The number of amides is 1. The molecular weight excluding hydrogens is 361 g/mol. The molecule has 1 unspecified atom stereocenters. The molecule has 1 amide bonds. The Kier molecular flexibility index (Phi) is 3.74. The number of fused-ring (bicyclic) bond motifs is 7. The van der Waals surface area contributed by atoms with E-state index in [-0.39, 0.29) is 17.8 Å². The maximum Gasteiger partial charge on any atom is 0.223 e. The van der Waals surface area contributed by atoms with E-state index in [0.29, 0.717) is 36.3 Å². The van der Waals surface area contributed by atoms with Crippen LogP contribution in [0.15, 0.2) is 30.3 Å². The largest absolute Gasteiger partial charge is 0.493 e. The van der Waals surface area contributed by atoms with Crippen molar-refractivity contribution in [2.45, 2.75) is 31.5 Å². The zero-order valence-corrected chi connectivity index (χ0v) is 15.7. The molecule has 2 atom stereocenters. The smallest absolute Gasteiger partial charge is 0.223 e. The quantitative estimate of drug-likeness (QED) is 0.688. The molecule has 0 aliphatic carbocycles. The van der Waals surface area contributed by atoms with Crippen molar-refractivity contribution in [2.24, 2.45) is 0 Å². The summed E-state index contributed by atoms with van der Waals surface area (Å²) in [7, 11) is 3.12. The van der Waals surface area contributed by atoms with Crippen molar-refractivity contribution in [3.63, 3.8) is 0 Å². The van der Waals surface area contributed by atoms with Crippen molar-refractivity contribution in [2.75, 3.05) is 14.2 Å². The van der Waals surface area contributed by atoms with Crippen LogP contribution >= 0.6 is 0 Å². The summed E-state index contributed by atoms with van der Waals surface area (Å²) in [5.41, 5.74) is 1.67. The molecule has 5 rings (SSSR count). The van der Waals surface area contributed by atoms with Gasteiger partial charge in [0.05, 0.1) is 20.3 Å². The van der Waals surface area contributed by atoms with E-state index >= 15 is 0 Å². The van der Waals surface area contributed by atoms with E-state index in [1.165, 1.54) is 12.1 Å². The molecule has 0 spiro atoms. The van der Waals surface area contributed by atoms with Gasteiger partial charge in [-0.05, 0) is 63.4 Å². The van der Waals surface area contributed by atoms with E-state index in [0.717, 1.165) is 27.3 Å². The van der Waals surface area contributed by atoms with Crippen molar-refractivity contribution in [3.05, 3.63) is 47.3 Å². The molecule has 0 radical (unpaired) electrons. The molecule has 0 saturated carbocycles. The Labute approximate surface area is 161 Å². The van der Waals surface area contributed by atoms with E-state index in [2.05, 4.69) is 0 Å². The third kappa shape index (κ3) is 2.24. The van der Waals surface area contributed by atoms with Crippen LogP contribution < -0.4 is 9.47 Å². The summed E-state index contributed by atoms with van der Waals surface area (Å²) in [6.45, 7) is 0.426. The minimum absolute atomic E-state index is 0.0579. The topological polar surface area (TPSA) is 59.0 Å². The average Bonchev–Trinajstić information content (AvgIpc) is 3.08. The maximum atomic E-state index is 14.1. The van der Waals surface area contributed by atoms with Gasteiger partial charge in [0, 0.05) is 13.0 Å². The number of aliphatic hydroxyl groups is 1. The molecule has 2 aliphatic rings. The molecule has 144 valence electrons. The fraction of sp³-hybridized carbons (Fsp3) is 0.318. The number of rotatable bonds is 2. The number of hydrogen-bond donors (Lipinski definition) is 1. The van der Waals surface area contributed by atoms with Gasteiger partial charge >= 0.3 is 0 Å². The molecule has 3 aromatic carbocycles. The van der Waals surface area contributed by atoms with Crippen molar-refractivity contribution in [1.82, 2.24) is 4.90 Å². The maximum absolute atomic E-state index is 14.1. The molecule has 0 bridgehead atoms. The molecule has 6 heteroatoms. The molecule has 0 aromatic heterocycles. The van der Waals surface area contributed by atoms with Crippen molar-refractivity contribution in [1.29, 1.82) is 0 Å². The number of nitrogens with zero attached hydrogens (tertiary/aromatic N) is 1. The van der Waals surface area contributed by atoms with Gasteiger partial charge in [-0.2, -0.15) is 0 Å². The minimum Gasteiger partial charge on any atom is -0.493 e. The number of carbonyl (C=O) groups is 1. The van der Waals surface area contributed by atoms with E-state index in [1.54, 1.807) is 25.2 Å². The van der Waals surface area contributed by atoms with E-state index in [1.807, 2.05) is 12.1 Å². The van der Waals surface area contributed by atoms with Gasteiger partial charge in [-0.1, -0.05) is 6.07 Å². The first kappa shape index (κ1) is 17.3. The number of aliphatic hydroxyl groups excluding tert-OH is 1. The van der Waals surface area contributed by atoms with Crippen LogP contribution in [0.25, 0.3) is 21.5 Å². The van der Waals surface area contributed by atoms with E-state index in [9.17, 15) is 14.3 Å². The molecular formula is C22H20FNO4. The number of ether oxygens (including phenoxy) is 2. The summed E-state index contributed by atoms with van der Waals surface area (Å²) < 4.78 is 25.0. The first-order valence-electron chi connectivity index (χ1n) is 9.30. The van der Waals surface area contributed by atoms with Crippen LogP contribution in [0.3, 0.4) is 0 Å². The number of hydrogen-bond acceptors (Lipinski definition) is 4. The highest BCUT2D eigenvalue weighted by Crippen LogP contribution is 2.47. The monoisotopic (exact) mass is 381 g/mol. The van der Waals surface area contributed by atoms with Crippen molar-refractivity contribution < 1.29 is 23.8 Å². The van der Waals surface area contributed by atoms with Gasteiger partial charge < -0.3 is 19.5 Å². The lowest BCUT2D eigenvalue weighted by Gasteiger charge is -2.37. The van der Waals surface area contributed by atoms with Crippen molar-refractivity contribution >= 4 is 27.5 Å². The van der Waals surface area contributed by atoms with Crippen LogP contribution in [-0.4, -0.2) is 36.2 Å². The summed E-state index contributed by atoms with van der Waals surface area (Å²) in [6.07, 6.45) is 0.268. The first-order chi connectivity index (χ1) is 13.5. The Balaban J connectivity index is 1.92. The first-order valence-corrected chi connectivity index (χ1v) is 9.30. The highest BCUT2D eigenvalue weighted by molar-refractivity contribution is 6.12. The minimum atomic E-state index is -0.805. The van der Waals surface area contributed by atoms with Gasteiger partial charge in [0.1, 0.15) is 11.9 Å². The number of benzene rings is 3. The number of methoxy groups -OCH3 is 2. The summed E-state index contributed by atoms with van der Waals surface area (Å²) >= 11 is 0. The zero-order chi connectivity index (χ0) is 19.6. The number of halogens is 1. The van der Waals surface area contributed by atoms with Crippen LogP contribution in [0.4, 0.5) is 4.39 Å². The van der Waals surface area contributed by atoms with Gasteiger partial charge in [-0.3, -0.25) is 4.79 Å². The second-order valence-electron chi connectivity index (χ2n) is 7.41. The van der Waals surface area contributed by atoms with Crippen LogP contribution in [-0.2, 0) is 11.3 Å². The van der Waals surface area contributed by atoms with Gasteiger partial charge in [-0.15, -0.1) is 0 Å². The highest BCUT2D eigenvalue weighted by atomic mass is 19.1. The SMILES string of the molecule is COc1cc2c3c(c4ccc(F)cc4c2cc1OC)C(O)[C@@H]1CCC(=O)N1C3. The molecule has 1 fully saturated rings. The fourth-order valence-corrected chi connectivity index (χ4v) is 4.79. The molecule has 5 nitrogen and oxygen atoms in total. The normalized spacial score (nSPS) is 21.1. The lowest BCUT2D eigenvalue weighted by atomic mass is 9.83.